The number of carbonyl (C=O) groups is 2. The Kier molecular flexibility index (Phi) is 8.95. The smallest absolute Gasteiger partial charge is 0.242 e. The molecular formula is C26H34N2O3. The van der Waals surface area contributed by atoms with Crippen molar-refractivity contribution >= 4 is 11.8 Å². The number of carbonyl (C=O) groups excluding carboxylic acids is 2. The average molecular weight is 423 g/mol. The van der Waals surface area contributed by atoms with Crippen molar-refractivity contribution < 1.29 is 14.3 Å². The second-order valence-electron chi connectivity index (χ2n) is 8.25. The van der Waals surface area contributed by atoms with Gasteiger partial charge in [-0.15, -0.1) is 0 Å². The molecule has 2 aromatic rings. The Morgan fingerprint density at radius 3 is 2.35 bits per heavy atom. The maximum atomic E-state index is 13.0. The Morgan fingerprint density at radius 2 is 1.68 bits per heavy atom. The molecule has 0 bridgehead atoms. The maximum absolute atomic E-state index is 13.0. The number of nitrogens with one attached hydrogen (secondary N) is 1. The monoisotopic (exact) mass is 422 g/mol. The molecule has 0 radical (unpaired) electrons. The van der Waals surface area contributed by atoms with Gasteiger partial charge in [0.15, 0.2) is 0 Å². The average Bonchev–Trinajstić information content (AvgIpc) is 3.31. The van der Waals surface area contributed by atoms with Gasteiger partial charge in [-0.25, -0.2) is 0 Å². The van der Waals surface area contributed by atoms with E-state index in [0.717, 1.165) is 43.4 Å². The highest BCUT2D eigenvalue weighted by molar-refractivity contribution is 5.87. The van der Waals surface area contributed by atoms with E-state index in [1.807, 2.05) is 55.5 Å². The van der Waals surface area contributed by atoms with Crippen LogP contribution < -0.4 is 10.1 Å². The Bertz CT molecular complexity index is 804. The van der Waals surface area contributed by atoms with Gasteiger partial charge in [-0.1, -0.05) is 61.4 Å². The van der Waals surface area contributed by atoms with E-state index in [9.17, 15) is 9.59 Å². The van der Waals surface area contributed by atoms with Gasteiger partial charge in [-0.2, -0.15) is 0 Å². The summed E-state index contributed by atoms with van der Waals surface area (Å²) in [7, 11) is 0. The first-order valence-corrected chi connectivity index (χ1v) is 11.4. The lowest BCUT2D eigenvalue weighted by Gasteiger charge is -2.30. The van der Waals surface area contributed by atoms with Crippen LogP contribution in [0.2, 0.25) is 0 Å². The summed E-state index contributed by atoms with van der Waals surface area (Å²) in [5.41, 5.74) is 1.16. The summed E-state index contributed by atoms with van der Waals surface area (Å²) in [5, 5.41) is 3.14. The van der Waals surface area contributed by atoms with Crippen molar-refractivity contribution in [3.05, 3.63) is 66.2 Å². The van der Waals surface area contributed by atoms with Crippen molar-refractivity contribution in [3.63, 3.8) is 0 Å². The number of rotatable bonds is 11. The number of ether oxygens (including phenoxy) is 1. The van der Waals surface area contributed by atoms with Crippen LogP contribution in [-0.2, 0) is 16.0 Å². The zero-order valence-corrected chi connectivity index (χ0v) is 18.5. The molecule has 2 aromatic carbocycles. The molecule has 5 nitrogen and oxygen atoms in total. The van der Waals surface area contributed by atoms with Gasteiger partial charge in [0, 0.05) is 19.0 Å². The highest BCUT2D eigenvalue weighted by Gasteiger charge is 2.27. The van der Waals surface area contributed by atoms with E-state index in [1.165, 1.54) is 0 Å². The molecule has 1 unspecified atom stereocenters. The molecule has 5 heteroatoms. The normalized spacial score (nSPS) is 14.7. The first kappa shape index (κ1) is 22.9. The summed E-state index contributed by atoms with van der Waals surface area (Å²) in [6, 6.07) is 19.5. The third-order valence-electron chi connectivity index (χ3n) is 5.90. The van der Waals surface area contributed by atoms with Crippen LogP contribution in [0.3, 0.4) is 0 Å². The Balaban J connectivity index is 1.55. The molecule has 1 N–H and O–H groups in total. The van der Waals surface area contributed by atoms with Crippen molar-refractivity contribution in [2.75, 3.05) is 13.2 Å². The van der Waals surface area contributed by atoms with E-state index >= 15 is 0 Å². The highest BCUT2D eigenvalue weighted by atomic mass is 16.5. The molecule has 3 rings (SSSR count). The van der Waals surface area contributed by atoms with Gasteiger partial charge in [-0.05, 0) is 50.3 Å². The quantitative estimate of drug-likeness (QED) is 0.547. The van der Waals surface area contributed by atoms with Crippen molar-refractivity contribution in [2.45, 2.75) is 64.0 Å². The van der Waals surface area contributed by atoms with E-state index in [0.29, 0.717) is 26.0 Å². The minimum absolute atomic E-state index is 0.00154. The molecule has 2 amide bonds. The van der Waals surface area contributed by atoms with E-state index in [-0.39, 0.29) is 17.9 Å². The second-order valence-corrected chi connectivity index (χ2v) is 8.25. The highest BCUT2D eigenvalue weighted by Crippen LogP contribution is 2.18. The fraction of sp³-hybridized carbons (Fsp3) is 0.462. The number of hydrogen-bond acceptors (Lipinski definition) is 3. The van der Waals surface area contributed by atoms with Crippen molar-refractivity contribution in [1.29, 1.82) is 0 Å². The van der Waals surface area contributed by atoms with Gasteiger partial charge in [0.1, 0.15) is 11.8 Å². The predicted molar refractivity (Wildman–Crippen MR) is 123 cm³/mol. The van der Waals surface area contributed by atoms with Crippen LogP contribution in [0.25, 0.3) is 0 Å². The molecule has 0 saturated heterocycles. The van der Waals surface area contributed by atoms with E-state index < -0.39 is 6.04 Å². The molecule has 1 aliphatic rings. The van der Waals surface area contributed by atoms with Gasteiger partial charge in [0.05, 0.1) is 6.61 Å². The molecule has 31 heavy (non-hydrogen) atoms. The van der Waals surface area contributed by atoms with Gasteiger partial charge < -0.3 is 15.0 Å². The Hall–Kier alpha value is -2.82. The Morgan fingerprint density at radius 1 is 1.03 bits per heavy atom. The summed E-state index contributed by atoms with van der Waals surface area (Å²) in [6.07, 6.45) is 6.11. The SMILES string of the molecule is CC(C(=O)NC1CCCC1)N(CCc1ccccc1)C(=O)CCCOc1ccccc1. The fourth-order valence-electron chi connectivity index (χ4n) is 4.04. The van der Waals surface area contributed by atoms with Crippen LogP contribution in [-0.4, -0.2) is 41.9 Å². The van der Waals surface area contributed by atoms with Gasteiger partial charge in [-0.3, -0.25) is 9.59 Å². The van der Waals surface area contributed by atoms with Crippen molar-refractivity contribution in [3.8, 4) is 5.75 Å². The largest absolute Gasteiger partial charge is 0.494 e. The lowest BCUT2D eigenvalue weighted by Crippen LogP contribution is -2.50. The van der Waals surface area contributed by atoms with Crippen LogP contribution in [0.4, 0.5) is 0 Å². The minimum Gasteiger partial charge on any atom is -0.494 e. The molecule has 1 atom stereocenters. The molecule has 0 heterocycles. The van der Waals surface area contributed by atoms with Crippen LogP contribution in [0.1, 0.15) is 51.0 Å². The zero-order chi connectivity index (χ0) is 21.9. The maximum Gasteiger partial charge on any atom is 0.242 e. The number of nitrogens with zero attached hydrogens (tertiary/aromatic N) is 1. The first-order chi connectivity index (χ1) is 15.1. The lowest BCUT2D eigenvalue weighted by atomic mass is 10.1. The first-order valence-electron chi connectivity index (χ1n) is 11.4. The summed E-state index contributed by atoms with van der Waals surface area (Å²) in [6.45, 7) is 2.85. The second kappa shape index (κ2) is 12.1. The molecule has 1 fully saturated rings. The van der Waals surface area contributed by atoms with E-state index in [2.05, 4.69) is 17.4 Å². The van der Waals surface area contributed by atoms with Gasteiger partial charge >= 0.3 is 0 Å². The van der Waals surface area contributed by atoms with Crippen LogP contribution >= 0.6 is 0 Å². The third-order valence-corrected chi connectivity index (χ3v) is 5.90. The molecule has 166 valence electrons. The fourth-order valence-corrected chi connectivity index (χ4v) is 4.04. The number of amides is 2. The zero-order valence-electron chi connectivity index (χ0n) is 18.5. The third kappa shape index (κ3) is 7.42. The van der Waals surface area contributed by atoms with Crippen LogP contribution in [0.5, 0.6) is 5.75 Å². The van der Waals surface area contributed by atoms with Crippen molar-refractivity contribution in [2.24, 2.45) is 0 Å². The summed E-state index contributed by atoms with van der Waals surface area (Å²) in [5.74, 6) is 0.760. The molecule has 0 aromatic heterocycles. The summed E-state index contributed by atoms with van der Waals surface area (Å²) in [4.78, 5) is 27.6. The summed E-state index contributed by atoms with van der Waals surface area (Å²) < 4.78 is 5.71. The van der Waals surface area contributed by atoms with Gasteiger partial charge in [0.2, 0.25) is 11.8 Å². The summed E-state index contributed by atoms with van der Waals surface area (Å²) >= 11 is 0. The molecule has 0 aliphatic heterocycles. The minimum atomic E-state index is -0.480. The van der Waals surface area contributed by atoms with Gasteiger partial charge in [0.25, 0.3) is 0 Å². The lowest BCUT2D eigenvalue weighted by molar-refractivity contribution is -0.140. The van der Waals surface area contributed by atoms with E-state index in [4.69, 9.17) is 4.74 Å². The number of hydrogen-bond donors (Lipinski definition) is 1. The molecule has 0 spiro atoms. The molecule has 1 saturated carbocycles. The van der Waals surface area contributed by atoms with Crippen LogP contribution in [0, 0.1) is 0 Å². The topological polar surface area (TPSA) is 58.6 Å². The predicted octanol–water partition coefficient (Wildman–Crippen LogP) is 4.36. The number of para-hydroxylation sites is 1. The Labute approximate surface area is 185 Å². The van der Waals surface area contributed by atoms with Crippen LogP contribution in [0.15, 0.2) is 60.7 Å². The van der Waals surface area contributed by atoms with E-state index in [1.54, 1.807) is 4.90 Å². The standard InChI is InChI=1S/C26H34N2O3/c1-21(26(30)27-23-13-8-9-14-23)28(19-18-22-11-4-2-5-12-22)25(29)17-10-20-31-24-15-6-3-7-16-24/h2-7,11-12,15-16,21,23H,8-10,13-14,17-20H2,1H3,(H,27,30). The molecule has 1 aliphatic carbocycles. The van der Waals surface area contributed by atoms with Crippen molar-refractivity contribution in [1.82, 2.24) is 10.2 Å². The molecular weight excluding hydrogens is 388 g/mol. The number of benzene rings is 2.